The average molecular weight is 499 g/mol. The van der Waals surface area contributed by atoms with Crippen molar-refractivity contribution < 1.29 is 17.9 Å². The molecule has 1 heterocycles. The van der Waals surface area contributed by atoms with Crippen LogP contribution in [-0.4, -0.2) is 38.8 Å². The highest BCUT2D eigenvalue weighted by Gasteiger charge is 2.33. The zero-order chi connectivity index (χ0) is 24.1. The lowest BCUT2D eigenvalue weighted by atomic mass is 9.94. The number of hydrogen-bond donors (Lipinski definition) is 1. The molecule has 3 aromatic rings. The zero-order valence-corrected chi connectivity index (χ0v) is 20.4. The maximum atomic E-state index is 13.2. The number of ether oxygens (including phenoxy) is 1. The number of nitrogens with one attached hydrogen (secondary N) is 1. The SMILES string of the molecule is COc1ccc(S(=O)(=O)N2CCC(C(=O)NC(c3ccccc3)c3ccccc3)CC2)cc1Cl. The molecule has 8 heteroatoms. The van der Waals surface area contributed by atoms with Gasteiger partial charge < -0.3 is 10.1 Å². The van der Waals surface area contributed by atoms with Crippen LogP contribution in [0.4, 0.5) is 0 Å². The Morgan fingerprint density at radius 1 is 0.971 bits per heavy atom. The summed E-state index contributed by atoms with van der Waals surface area (Å²) in [4.78, 5) is 13.3. The van der Waals surface area contributed by atoms with Crippen LogP contribution in [0.1, 0.15) is 30.0 Å². The molecule has 0 spiro atoms. The van der Waals surface area contributed by atoms with Crippen LogP contribution in [0.5, 0.6) is 5.75 Å². The molecule has 0 aromatic heterocycles. The highest BCUT2D eigenvalue weighted by molar-refractivity contribution is 7.89. The van der Waals surface area contributed by atoms with Gasteiger partial charge >= 0.3 is 0 Å². The molecule has 0 bridgehead atoms. The number of amides is 1. The van der Waals surface area contributed by atoms with Crippen molar-refractivity contribution in [3.05, 3.63) is 95.0 Å². The van der Waals surface area contributed by atoms with E-state index in [0.717, 1.165) is 11.1 Å². The maximum Gasteiger partial charge on any atom is 0.243 e. The molecular weight excluding hydrogens is 472 g/mol. The minimum atomic E-state index is -3.71. The molecule has 1 saturated heterocycles. The van der Waals surface area contributed by atoms with Crippen LogP contribution >= 0.6 is 11.6 Å². The Bertz CT molecular complexity index is 1190. The summed E-state index contributed by atoms with van der Waals surface area (Å²) in [5, 5.41) is 3.43. The fourth-order valence-electron chi connectivity index (χ4n) is 4.23. The molecule has 4 rings (SSSR count). The lowest BCUT2D eigenvalue weighted by Gasteiger charge is -2.31. The van der Waals surface area contributed by atoms with E-state index in [1.807, 2.05) is 60.7 Å². The van der Waals surface area contributed by atoms with Gasteiger partial charge in [-0.25, -0.2) is 8.42 Å². The molecule has 1 fully saturated rings. The van der Waals surface area contributed by atoms with Crippen LogP contribution in [0.25, 0.3) is 0 Å². The molecule has 0 unspecified atom stereocenters. The van der Waals surface area contributed by atoms with E-state index in [1.165, 1.54) is 23.5 Å². The number of piperidine rings is 1. The van der Waals surface area contributed by atoms with Crippen LogP contribution in [0.2, 0.25) is 5.02 Å². The van der Waals surface area contributed by atoms with E-state index in [2.05, 4.69) is 5.32 Å². The quantitative estimate of drug-likeness (QED) is 0.514. The third kappa shape index (κ3) is 5.27. The molecule has 0 aliphatic carbocycles. The number of benzene rings is 3. The summed E-state index contributed by atoms with van der Waals surface area (Å²) in [7, 11) is -2.23. The minimum absolute atomic E-state index is 0.0674. The molecule has 1 aliphatic rings. The highest BCUT2D eigenvalue weighted by Crippen LogP contribution is 2.31. The van der Waals surface area contributed by atoms with Crippen LogP contribution in [0.3, 0.4) is 0 Å². The Morgan fingerprint density at radius 3 is 2.03 bits per heavy atom. The van der Waals surface area contributed by atoms with E-state index in [4.69, 9.17) is 16.3 Å². The number of hydrogen-bond acceptors (Lipinski definition) is 4. The van der Waals surface area contributed by atoms with Gasteiger partial charge in [-0.15, -0.1) is 0 Å². The molecular formula is C26H27ClN2O4S. The smallest absolute Gasteiger partial charge is 0.243 e. The van der Waals surface area contributed by atoms with Crippen molar-refractivity contribution in [2.75, 3.05) is 20.2 Å². The van der Waals surface area contributed by atoms with Crippen molar-refractivity contribution >= 4 is 27.5 Å². The maximum absolute atomic E-state index is 13.2. The molecule has 1 aliphatic heterocycles. The Labute approximate surface area is 205 Å². The van der Waals surface area contributed by atoms with Gasteiger partial charge in [-0.1, -0.05) is 72.3 Å². The van der Waals surface area contributed by atoms with E-state index in [0.29, 0.717) is 18.6 Å². The summed E-state index contributed by atoms with van der Waals surface area (Å²) in [5.41, 5.74) is 2.00. The van der Waals surface area contributed by atoms with Crippen molar-refractivity contribution in [1.82, 2.24) is 9.62 Å². The van der Waals surface area contributed by atoms with Gasteiger partial charge in [0.15, 0.2) is 0 Å². The van der Waals surface area contributed by atoms with E-state index in [-0.39, 0.29) is 40.9 Å². The van der Waals surface area contributed by atoms with E-state index >= 15 is 0 Å². The zero-order valence-electron chi connectivity index (χ0n) is 18.9. The summed E-state index contributed by atoms with van der Waals surface area (Å²) in [6.07, 6.45) is 0.899. The summed E-state index contributed by atoms with van der Waals surface area (Å²) in [6, 6.07) is 23.8. The van der Waals surface area contributed by atoms with Crippen molar-refractivity contribution in [1.29, 1.82) is 0 Å². The van der Waals surface area contributed by atoms with Crippen molar-refractivity contribution in [3.63, 3.8) is 0 Å². The predicted molar refractivity (Wildman–Crippen MR) is 132 cm³/mol. The number of carbonyl (C=O) groups is 1. The number of rotatable bonds is 7. The molecule has 0 saturated carbocycles. The number of methoxy groups -OCH3 is 1. The highest BCUT2D eigenvalue weighted by atomic mass is 35.5. The van der Waals surface area contributed by atoms with Crippen molar-refractivity contribution in [2.45, 2.75) is 23.8 Å². The first-order valence-electron chi connectivity index (χ1n) is 11.1. The molecule has 178 valence electrons. The second kappa shape index (κ2) is 10.6. The number of nitrogens with zero attached hydrogens (tertiary/aromatic N) is 1. The van der Waals surface area contributed by atoms with Gasteiger partial charge in [-0.2, -0.15) is 4.31 Å². The predicted octanol–water partition coefficient (Wildman–Crippen LogP) is 4.66. The van der Waals surface area contributed by atoms with E-state index < -0.39 is 10.0 Å². The number of halogens is 1. The lowest BCUT2D eigenvalue weighted by molar-refractivity contribution is -0.126. The Hall–Kier alpha value is -2.87. The van der Waals surface area contributed by atoms with Crippen LogP contribution < -0.4 is 10.1 Å². The van der Waals surface area contributed by atoms with Crippen LogP contribution in [-0.2, 0) is 14.8 Å². The third-order valence-electron chi connectivity index (χ3n) is 6.14. The van der Waals surface area contributed by atoms with Gasteiger partial charge in [0.2, 0.25) is 15.9 Å². The fraction of sp³-hybridized carbons (Fsp3) is 0.269. The lowest BCUT2D eigenvalue weighted by Crippen LogP contribution is -2.43. The molecule has 3 aromatic carbocycles. The topological polar surface area (TPSA) is 75.7 Å². The van der Waals surface area contributed by atoms with Gasteiger partial charge in [0.1, 0.15) is 5.75 Å². The molecule has 1 N–H and O–H groups in total. The van der Waals surface area contributed by atoms with Gasteiger partial charge in [-0.05, 0) is 42.2 Å². The van der Waals surface area contributed by atoms with Gasteiger partial charge in [-0.3, -0.25) is 4.79 Å². The monoisotopic (exact) mass is 498 g/mol. The molecule has 6 nitrogen and oxygen atoms in total. The molecule has 34 heavy (non-hydrogen) atoms. The third-order valence-corrected chi connectivity index (χ3v) is 8.33. The normalized spacial score (nSPS) is 15.3. The molecule has 0 radical (unpaired) electrons. The Balaban J connectivity index is 1.44. The van der Waals surface area contributed by atoms with Gasteiger partial charge in [0, 0.05) is 19.0 Å². The van der Waals surface area contributed by atoms with E-state index in [9.17, 15) is 13.2 Å². The minimum Gasteiger partial charge on any atom is -0.495 e. The largest absolute Gasteiger partial charge is 0.495 e. The summed E-state index contributed by atoms with van der Waals surface area (Å²) >= 11 is 6.13. The first-order valence-corrected chi connectivity index (χ1v) is 13.0. The first-order chi connectivity index (χ1) is 16.4. The Morgan fingerprint density at radius 2 is 1.53 bits per heavy atom. The first kappa shape index (κ1) is 24.3. The molecule has 1 amide bonds. The second-order valence-electron chi connectivity index (χ2n) is 8.24. The van der Waals surface area contributed by atoms with Crippen molar-refractivity contribution in [2.24, 2.45) is 5.92 Å². The van der Waals surface area contributed by atoms with E-state index in [1.54, 1.807) is 6.07 Å². The van der Waals surface area contributed by atoms with Gasteiger partial charge in [0.25, 0.3) is 0 Å². The van der Waals surface area contributed by atoms with Gasteiger partial charge in [0.05, 0.1) is 23.1 Å². The summed E-state index contributed by atoms with van der Waals surface area (Å²) in [6.45, 7) is 0.539. The number of carbonyl (C=O) groups excluding carboxylic acids is 1. The van der Waals surface area contributed by atoms with Crippen LogP contribution in [0, 0.1) is 5.92 Å². The fourth-order valence-corrected chi connectivity index (χ4v) is 6.04. The standard InChI is InChI=1S/C26H27ClN2O4S/c1-33-24-13-12-22(18-23(24)27)34(31,32)29-16-14-21(15-17-29)26(30)28-25(19-8-4-2-5-9-19)20-10-6-3-7-11-20/h2-13,18,21,25H,14-17H2,1H3,(H,28,30). The second-order valence-corrected chi connectivity index (χ2v) is 10.6. The van der Waals surface area contributed by atoms with Crippen molar-refractivity contribution in [3.8, 4) is 5.75 Å². The number of sulfonamides is 1. The summed E-state index contributed by atoms with van der Waals surface area (Å²) < 4.78 is 32.7. The van der Waals surface area contributed by atoms with Crippen LogP contribution in [0.15, 0.2) is 83.8 Å². The summed E-state index contributed by atoms with van der Waals surface area (Å²) in [5.74, 6) is 0.0884. The Kier molecular flexibility index (Phi) is 7.56. The molecule has 0 atom stereocenters. The average Bonchev–Trinajstić information content (AvgIpc) is 2.88.